The maximum Gasteiger partial charge on any atom is 0.255 e. The summed E-state index contributed by atoms with van der Waals surface area (Å²) >= 11 is 0. The van der Waals surface area contributed by atoms with Gasteiger partial charge in [0.2, 0.25) is 0 Å². The largest absolute Gasteiger partial charge is 0.322 e. The van der Waals surface area contributed by atoms with Crippen LogP contribution in [0.1, 0.15) is 39.1 Å². The van der Waals surface area contributed by atoms with Crippen molar-refractivity contribution in [1.82, 2.24) is 4.98 Å². The fraction of sp³-hybridized carbons (Fsp3) is 0.150. The van der Waals surface area contributed by atoms with Gasteiger partial charge in [0.25, 0.3) is 5.91 Å². The van der Waals surface area contributed by atoms with Crippen LogP contribution in [0.5, 0.6) is 0 Å². The van der Waals surface area contributed by atoms with Crippen molar-refractivity contribution >= 4 is 28.3 Å². The lowest BCUT2D eigenvalue weighted by atomic mass is 9.90. The molecule has 0 saturated carbocycles. The van der Waals surface area contributed by atoms with Crippen molar-refractivity contribution in [3.05, 3.63) is 71.4 Å². The van der Waals surface area contributed by atoms with E-state index in [1.165, 1.54) is 0 Å². The summed E-state index contributed by atoms with van der Waals surface area (Å²) in [4.78, 5) is 28.6. The van der Waals surface area contributed by atoms with E-state index in [2.05, 4.69) is 10.3 Å². The highest BCUT2D eigenvalue weighted by Gasteiger charge is 2.17. The Hall–Kier alpha value is -3.01. The van der Waals surface area contributed by atoms with E-state index in [0.29, 0.717) is 12.0 Å². The number of ketones is 1. The van der Waals surface area contributed by atoms with Crippen LogP contribution in [-0.4, -0.2) is 16.7 Å². The molecule has 4 nitrogen and oxygen atoms in total. The van der Waals surface area contributed by atoms with Gasteiger partial charge in [-0.25, -0.2) is 0 Å². The van der Waals surface area contributed by atoms with Crippen molar-refractivity contribution in [2.75, 3.05) is 5.32 Å². The number of aromatic nitrogens is 1. The van der Waals surface area contributed by atoms with Crippen molar-refractivity contribution in [3.8, 4) is 0 Å². The molecule has 1 N–H and O–H groups in total. The molecule has 0 bridgehead atoms. The second-order valence-corrected chi connectivity index (χ2v) is 6.01. The molecule has 4 rings (SSSR count). The smallest absolute Gasteiger partial charge is 0.255 e. The quantitative estimate of drug-likeness (QED) is 0.777. The van der Waals surface area contributed by atoms with Crippen LogP contribution in [-0.2, 0) is 6.42 Å². The van der Waals surface area contributed by atoms with Gasteiger partial charge < -0.3 is 5.32 Å². The number of nitrogens with zero attached hydrogens (tertiary/aromatic N) is 1. The zero-order chi connectivity index (χ0) is 16.5. The zero-order valence-electron chi connectivity index (χ0n) is 13.1. The highest BCUT2D eigenvalue weighted by molar-refractivity contribution is 6.06. The van der Waals surface area contributed by atoms with Crippen LogP contribution in [0.2, 0.25) is 0 Å². The fourth-order valence-corrected chi connectivity index (χ4v) is 3.14. The first-order valence-corrected chi connectivity index (χ1v) is 8.03. The Balaban J connectivity index is 1.60. The highest BCUT2D eigenvalue weighted by atomic mass is 16.1. The van der Waals surface area contributed by atoms with E-state index in [1.807, 2.05) is 36.4 Å². The number of fused-ring (bicyclic) bond motifs is 2. The number of benzene rings is 2. The number of carbonyl (C=O) groups is 2. The minimum atomic E-state index is -0.164. The Kier molecular flexibility index (Phi) is 3.58. The van der Waals surface area contributed by atoms with Crippen LogP contribution in [0.3, 0.4) is 0 Å². The predicted molar refractivity (Wildman–Crippen MR) is 93.4 cm³/mol. The summed E-state index contributed by atoms with van der Waals surface area (Å²) < 4.78 is 0. The number of anilines is 1. The van der Waals surface area contributed by atoms with E-state index in [1.54, 1.807) is 18.3 Å². The molecule has 0 fully saturated rings. The molecule has 0 atom stereocenters. The molecule has 4 heteroatoms. The second-order valence-electron chi connectivity index (χ2n) is 6.01. The summed E-state index contributed by atoms with van der Waals surface area (Å²) in [6, 6.07) is 14.8. The van der Waals surface area contributed by atoms with Crippen LogP contribution in [0.25, 0.3) is 10.9 Å². The lowest BCUT2D eigenvalue weighted by Gasteiger charge is -2.16. The average Bonchev–Trinajstić information content (AvgIpc) is 2.61. The maximum absolute atomic E-state index is 12.5. The highest BCUT2D eigenvalue weighted by Crippen LogP contribution is 2.25. The normalized spacial score (nSPS) is 13.6. The van der Waals surface area contributed by atoms with Gasteiger partial charge in [-0.1, -0.05) is 6.07 Å². The number of Topliss-reactive ketones (excluding diaryl/α,β-unsaturated/α-hetero) is 1. The van der Waals surface area contributed by atoms with Crippen molar-refractivity contribution in [2.45, 2.75) is 19.3 Å². The van der Waals surface area contributed by atoms with E-state index in [-0.39, 0.29) is 11.7 Å². The monoisotopic (exact) mass is 316 g/mol. The van der Waals surface area contributed by atoms with Gasteiger partial charge in [0.1, 0.15) is 0 Å². The minimum Gasteiger partial charge on any atom is -0.322 e. The van der Waals surface area contributed by atoms with Crippen LogP contribution in [0.15, 0.2) is 54.7 Å². The number of rotatable bonds is 2. The number of pyridine rings is 1. The van der Waals surface area contributed by atoms with E-state index in [4.69, 9.17) is 0 Å². The van der Waals surface area contributed by atoms with Gasteiger partial charge in [0, 0.05) is 34.8 Å². The molecule has 1 heterocycles. The maximum atomic E-state index is 12.5. The number of aryl methyl sites for hydroxylation is 1. The molecule has 0 unspecified atom stereocenters. The number of carbonyl (C=O) groups excluding carboxylic acids is 2. The van der Waals surface area contributed by atoms with Crippen LogP contribution in [0, 0.1) is 0 Å². The molecule has 0 saturated heterocycles. The molecule has 0 radical (unpaired) electrons. The first-order valence-electron chi connectivity index (χ1n) is 8.03. The molecular weight excluding hydrogens is 300 g/mol. The Morgan fingerprint density at radius 1 is 1.04 bits per heavy atom. The van der Waals surface area contributed by atoms with E-state index >= 15 is 0 Å². The Bertz CT molecular complexity index is 963. The van der Waals surface area contributed by atoms with Crippen molar-refractivity contribution in [2.24, 2.45) is 0 Å². The molecule has 0 aliphatic heterocycles. The van der Waals surface area contributed by atoms with Crippen LogP contribution < -0.4 is 5.32 Å². The number of hydrogen-bond acceptors (Lipinski definition) is 3. The molecule has 1 aliphatic rings. The van der Waals surface area contributed by atoms with Crippen molar-refractivity contribution < 1.29 is 9.59 Å². The Labute approximate surface area is 139 Å². The first kappa shape index (κ1) is 14.6. The zero-order valence-corrected chi connectivity index (χ0v) is 13.1. The van der Waals surface area contributed by atoms with E-state index in [0.717, 1.165) is 40.6 Å². The lowest BCUT2D eigenvalue weighted by molar-refractivity contribution is 0.0971. The van der Waals surface area contributed by atoms with Gasteiger partial charge in [-0.15, -0.1) is 0 Å². The first-order chi connectivity index (χ1) is 11.7. The second kappa shape index (κ2) is 5.89. The molecule has 1 aliphatic carbocycles. The lowest BCUT2D eigenvalue weighted by Crippen LogP contribution is -2.14. The predicted octanol–water partition coefficient (Wildman–Crippen LogP) is 4.01. The van der Waals surface area contributed by atoms with Crippen molar-refractivity contribution in [1.29, 1.82) is 0 Å². The third-order valence-corrected chi connectivity index (χ3v) is 4.38. The summed E-state index contributed by atoms with van der Waals surface area (Å²) in [5, 5.41) is 3.85. The number of amides is 1. The SMILES string of the molecule is O=C(Nc1ccc2c(c1)CCCC2=O)c1ccc2ncccc2c1. The molecule has 118 valence electrons. The van der Waals surface area contributed by atoms with Crippen molar-refractivity contribution in [3.63, 3.8) is 0 Å². The Morgan fingerprint density at radius 2 is 1.96 bits per heavy atom. The topological polar surface area (TPSA) is 59.1 Å². The average molecular weight is 316 g/mol. The third-order valence-electron chi connectivity index (χ3n) is 4.38. The molecule has 3 aromatic rings. The summed E-state index contributed by atoms with van der Waals surface area (Å²) in [6.07, 6.45) is 4.10. The van der Waals surface area contributed by atoms with Gasteiger partial charge >= 0.3 is 0 Å². The summed E-state index contributed by atoms with van der Waals surface area (Å²) in [7, 11) is 0. The van der Waals surface area contributed by atoms with Gasteiger partial charge in [0.05, 0.1) is 5.52 Å². The van der Waals surface area contributed by atoms with E-state index < -0.39 is 0 Å². The van der Waals surface area contributed by atoms with Gasteiger partial charge in [-0.05, 0) is 60.9 Å². The number of hydrogen-bond donors (Lipinski definition) is 1. The molecule has 2 aromatic carbocycles. The minimum absolute atomic E-state index is 0.164. The summed E-state index contributed by atoms with van der Waals surface area (Å²) in [5.74, 6) is 0.0268. The molecular formula is C20H16N2O2. The molecule has 24 heavy (non-hydrogen) atoms. The van der Waals surface area contributed by atoms with Gasteiger partial charge in [-0.2, -0.15) is 0 Å². The standard InChI is InChI=1S/C20H16N2O2/c23-19-5-1-3-13-12-16(7-8-17(13)19)22-20(24)15-6-9-18-14(11-15)4-2-10-21-18/h2,4,6-12H,1,3,5H2,(H,22,24). The summed E-state index contributed by atoms with van der Waals surface area (Å²) in [5.41, 5.74) is 3.98. The fourth-order valence-electron chi connectivity index (χ4n) is 3.14. The van der Waals surface area contributed by atoms with Crippen LogP contribution in [0.4, 0.5) is 5.69 Å². The number of nitrogens with one attached hydrogen (secondary N) is 1. The van der Waals surface area contributed by atoms with Gasteiger partial charge in [-0.3, -0.25) is 14.6 Å². The summed E-state index contributed by atoms with van der Waals surface area (Å²) in [6.45, 7) is 0. The van der Waals surface area contributed by atoms with Crippen LogP contribution >= 0.6 is 0 Å². The third kappa shape index (κ3) is 2.67. The van der Waals surface area contributed by atoms with E-state index in [9.17, 15) is 9.59 Å². The molecule has 1 amide bonds. The molecule has 0 spiro atoms. The Morgan fingerprint density at radius 3 is 2.88 bits per heavy atom. The molecule has 1 aromatic heterocycles. The van der Waals surface area contributed by atoms with Gasteiger partial charge in [0.15, 0.2) is 5.78 Å².